The van der Waals surface area contributed by atoms with Crippen molar-refractivity contribution in [2.45, 2.75) is 71.3 Å². The zero-order valence-electron chi connectivity index (χ0n) is 22.4. The summed E-state index contributed by atoms with van der Waals surface area (Å²) < 4.78 is 0. The first-order valence-corrected chi connectivity index (χ1v) is 13.8. The van der Waals surface area contributed by atoms with Gasteiger partial charge in [0.25, 0.3) is 0 Å². The highest BCUT2D eigenvalue weighted by Crippen LogP contribution is 2.41. The number of aliphatic imine (C=N–C) groups is 1. The minimum atomic E-state index is 0.0533. The number of hydrogen-bond acceptors (Lipinski definition) is 4. The number of pyridine rings is 1. The molecule has 1 aliphatic heterocycles. The van der Waals surface area contributed by atoms with E-state index >= 15 is 0 Å². The zero-order chi connectivity index (χ0) is 26.5. The van der Waals surface area contributed by atoms with Gasteiger partial charge in [0.1, 0.15) is 5.84 Å². The Kier molecular flexibility index (Phi) is 8.85. The smallest absolute Gasteiger partial charge is 0.219 e. The van der Waals surface area contributed by atoms with Crippen molar-refractivity contribution in [3.63, 3.8) is 0 Å². The van der Waals surface area contributed by atoms with Gasteiger partial charge in [0, 0.05) is 38.6 Å². The standard InChI is InChI=1S/C29H38ClN5O2/c1-5-21-12-9-13-22(6-2)27(21)35(19-37)29-24(16-25(30)26(32-29)23-10-7-8-11-23)28(31-4)34-15-14-33(18-36)17-20(34)3/h9,12-13,16,18-20,23H,5-8,10-11,14-15,17H2,1-4H3. The van der Waals surface area contributed by atoms with E-state index < -0.39 is 0 Å². The maximum Gasteiger partial charge on any atom is 0.219 e. The summed E-state index contributed by atoms with van der Waals surface area (Å²) in [4.78, 5) is 39.8. The van der Waals surface area contributed by atoms with Crippen LogP contribution in [0.5, 0.6) is 0 Å². The third kappa shape index (κ3) is 5.37. The number of para-hydroxylation sites is 1. The summed E-state index contributed by atoms with van der Waals surface area (Å²) >= 11 is 6.92. The van der Waals surface area contributed by atoms with Gasteiger partial charge in [-0.25, -0.2) is 4.98 Å². The van der Waals surface area contributed by atoms with Crippen LogP contribution in [0.4, 0.5) is 11.5 Å². The Morgan fingerprint density at radius 3 is 2.38 bits per heavy atom. The number of benzene rings is 1. The molecule has 0 N–H and O–H groups in total. The molecular formula is C29H38ClN5O2. The van der Waals surface area contributed by atoms with Crippen molar-refractivity contribution in [2.75, 3.05) is 31.6 Å². The fourth-order valence-corrected chi connectivity index (χ4v) is 6.17. The second kappa shape index (κ2) is 12.1. The predicted molar refractivity (Wildman–Crippen MR) is 150 cm³/mol. The number of hydrogen-bond donors (Lipinski definition) is 0. The molecule has 0 spiro atoms. The number of nitrogens with zero attached hydrogens (tertiary/aromatic N) is 5. The van der Waals surface area contributed by atoms with Crippen LogP contribution in [-0.4, -0.2) is 66.2 Å². The van der Waals surface area contributed by atoms with E-state index in [1.54, 1.807) is 16.8 Å². The summed E-state index contributed by atoms with van der Waals surface area (Å²) in [5.41, 5.74) is 4.69. The second-order valence-electron chi connectivity index (χ2n) is 10.0. The summed E-state index contributed by atoms with van der Waals surface area (Å²) in [6, 6.07) is 8.21. The number of amidine groups is 1. The molecule has 2 aliphatic rings. The van der Waals surface area contributed by atoms with Gasteiger partial charge in [-0.3, -0.25) is 19.5 Å². The third-order valence-electron chi connectivity index (χ3n) is 7.80. The van der Waals surface area contributed by atoms with E-state index in [2.05, 4.69) is 43.9 Å². The molecule has 8 heteroatoms. The first kappa shape index (κ1) is 27.1. The number of aryl methyl sites for hydroxylation is 2. The van der Waals surface area contributed by atoms with Crippen LogP contribution in [0.2, 0.25) is 5.02 Å². The molecule has 0 bridgehead atoms. The Bertz CT molecular complexity index is 1140. The average Bonchev–Trinajstić information content (AvgIpc) is 3.46. The normalized spacial score (nSPS) is 18.8. The van der Waals surface area contributed by atoms with Crippen molar-refractivity contribution in [2.24, 2.45) is 4.99 Å². The molecule has 2 amide bonds. The van der Waals surface area contributed by atoms with Gasteiger partial charge in [0.15, 0.2) is 5.82 Å². The van der Waals surface area contributed by atoms with Crippen molar-refractivity contribution in [3.8, 4) is 0 Å². The molecular weight excluding hydrogens is 486 g/mol. The number of piperazine rings is 1. The van der Waals surface area contributed by atoms with Crippen LogP contribution in [0.15, 0.2) is 29.3 Å². The summed E-state index contributed by atoms with van der Waals surface area (Å²) in [7, 11) is 1.76. The van der Waals surface area contributed by atoms with Gasteiger partial charge in [-0.15, -0.1) is 0 Å². The zero-order valence-corrected chi connectivity index (χ0v) is 23.2. The molecule has 2 aromatic rings. The molecule has 1 aromatic heterocycles. The maximum absolute atomic E-state index is 12.9. The quantitative estimate of drug-likeness (QED) is 0.266. The lowest BCUT2D eigenvalue weighted by atomic mass is 9.99. The monoisotopic (exact) mass is 523 g/mol. The largest absolute Gasteiger partial charge is 0.350 e. The van der Waals surface area contributed by atoms with E-state index in [0.29, 0.717) is 30.5 Å². The van der Waals surface area contributed by atoms with Gasteiger partial charge in [-0.05, 0) is 49.8 Å². The Balaban J connectivity index is 1.91. The lowest BCUT2D eigenvalue weighted by Gasteiger charge is -2.40. The van der Waals surface area contributed by atoms with Crippen molar-refractivity contribution in [1.29, 1.82) is 0 Å². The van der Waals surface area contributed by atoms with Gasteiger partial charge in [0.05, 0.1) is 22.0 Å². The van der Waals surface area contributed by atoms with Crippen LogP contribution in [0, 0.1) is 0 Å². The number of carbonyl (C=O) groups excluding carboxylic acids is 2. The van der Waals surface area contributed by atoms with Gasteiger partial charge in [-0.1, -0.05) is 56.5 Å². The third-order valence-corrected chi connectivity index (χ3v) is 8.10. The number of amides is 2. The SMILES string of the molecule is CCc1cccc(CC)c1N(C=O)c1nc(C2CCCC2)c(Cl)cc1C(=NC)N1CCN(C=O)CC1C. The van der Waals surface area contributed by atoms with E-state index in [9.17, 15) is 9.59 Å². The van der Waals surface area contributed by atoms with E-state index in [-0.39, 0.29) is 12.0 Å². The van der Waals surface area contributed by atoms with Crippen molar-refractivity contribution >= 4 is 41.8 Å². The molecule has 198 valence electrons. The van der Waals surface area contributed by atoms with E-state index in [4.69, 9.17) is 21.6 Å². The fourth-order valence-electron chi connectivity index (χ4n) is 5.86. The highest BCUT2D eigenvalue weighted by Gasteiger charge is 2.32. The molecule has 7 nitrogen and oxygen atoms in total. The predicted octanol–water partition coefficient (Wildman–Crippen LogP) is 5.35. The Morgan fingerprint density at radius 2 is 1.84 bits per heavy atom. The molecule has 0 radical (unpaired) electrons. The number of aromatic nitrogens is 1. The molecule has 37 heavy (non-hydrogen) atoms. The Labute approximate surface area is 225 Å². The highest BCUT2D eigenvalue weighted by atomic mass is 35.5. The topological polar surface area (TPSA) is 69.1 Å². The van der Waals surface area contributed by atoms with Gasteiger partial charge < -0.3 is 9.80 Å². The Hall–Kier alpha value is -2.93. The summed E-state index contributed by atoms with van der Waals surface area (Å²) in [5, 5.41) is 0.622. The van der Waals surface area contributed by atoms with E-state index in [1.165, 1.54) is 0 Å². The summed E-state index contributed by atoms with van der Waals surface area (Å²) in [5.74, 6) is 1.60. The molecule has 1 aromatic carbocycles. The first-order valence-electron chi connectivity index (χ1n) is 13.5. The highest BCUT2D eigenvalue weighted by molar-refractivity contribution is 6.32. The summed E-state index contributed by atoms with van der Waals surface area (Å²) in [6.07, 6.45) is 7.81. The average molecular weight is 524 g/mol. The lowest BCUT2D eigenvalue weighted by Crippen LogP contribution is -2.54. The van der Waals surface area contributed by atoms with E-state index in [0.717, 1.165) is 85.3 Å². The molecule has 2 heterocycles. The number of halogens is 1. The van der Waals surface area contributed by atoms with Crippen molar-refractivity contribution < 1.29 is 9.59 Å². The molecule has 1 saturated carbocycles. The van der Waals surface area contributed by atoms with Crippen LogP contribution in [-0.2, 0) is 22.4 Å². The van der Waals surface area contributed by atoms with Crippen LogP contribution < -0.4 is 4.90 Å². The van der Waals surface area contributed by atoms with Crippen LogP contribution in [0.1, 0.15) is 74.8 Å². The van der Waals surface area contributed by atoms with Crippen LogP contribution >= 0.6 is 11.6 Å². The molecule has 2 fully saturated rings. The van der Waals surface area contributed by atoms with Gasteiger partial charge >= 0.3 is 0 Å². The minimum absolute atomic E-state index is 0.0533. The number of rotatable bonds is 8. The van der Waals surface area contributed by atoms with Gasteiger partial charge in [-0.2, -0.15) is 0 Å². The molecule has 1 aliphatic carbocycles. The number of anilines is 2. The van der Waals surface area contributed by atoms with Gasteiger partial charge in [0.2, 0.25) is 12.8 Å². The second-order valence-corrected chi connectivity index (χ2v) is 10.4. The Morgan fingerprint density at radius 1 is 1.16 bits per heavy atom. The number of carbonyl (C=O) groups is 2. The first-order chi connectivity index (χ1) is 18.0. The van der Waals surface area contributed by atoms with Crippen LogP contribution in [0.25, 0.3) is 0 Å². The minimum Gasteiger partial charge on any atom is -0.350 e. The summed E-state index contributed by atoms with van der Waals surface area (Å²) in [6.45, 7) is 8.15. The fraction of sp³-hybridized carbons (Fsp3) is 0.517. The molecule has 1 atom stereocenters. The molecule has 1 unspecified atom stereocenters. The van der Waals surface area contributed by atoms with Crippen LogP contribution in [0.3, 0.4) is 0 Å². The lowest BCUT2D eigenvalue weighted by molar-refractivity contribution is -0.120. The van der Waals surface area contributed by atoms with Crippen molar-refractivity contribution in [3.05, 3.63) is 51.7 Å². The molecule has 4 rings (SSSR count). The van der Waals surface area contributed by atoms with E-state index in [1.807, 2.05) is 6.07 Å². The van der Waals surface area contributed by atoms with Crippen molar-refractivity contribution in [1.82, 2.24) is 14.8 Å². The maximum atomic E-state index is 12.9. The molecule has 1 saturated heterocycles.